The van der Waals surface area contributed by atoms with Crippen LogP contribution >= 0.6 is 0 Å². The second-order valence-electron chi connectivity index (χ2n) is 6.54. The van der Waals surface area contributed by atoms with Gasteiger partial charge in [-0.15, -0.1) is 0 Å². The Kier molecular flexibility index (Phi) is 6.22. The molecule has 0 bridgehead atoms. The third-order valence-corrected chi connectivity index (χ3v) is 3.95. The summed E-state index contributed by atoms with van der Waals surface area (Å²) in [7, 11) is 1.95. The third-order valence-electron chi connectivity index (χ3n) is 3.95. The average molecular weight is 241 g/mol. The molecule has 2 heteroatoms. The lowest BCUT2D eigenvalue weighted by Gasteiger charge is -2.38. The van der Waals surface area contributed by atoms with Crippen molar-refractivity contribution in [2.75, 3.05) is 7.05 Å². The molecule has 0 rings (SSSR count). The maximum atomic E-state index is 12.6. The number of carbonyl (C=O) groups excluding carboxylic acids is 1. The number of carbonyl (C=O) groups is 1. The Morgan fingerprint density at radius 3 is 1.94 bits per heavy atom. The van der Waals surface area contributed by atoms with Crippen molar-refractivity contribution in [3.8, 4) is 0 Å². The first-order valence-electron chi connectivity index (χ1n) is 6.91. The van der Waals surface area contributed by atoms with Gasteiger partial charge < -0.3 is 4.90 Å². The number of amides is 1. The van der Waals surface area contributed by atoms with Crippen LogP contribution in [0.15, 0.2) is 0 Å². The van der Waals surface area contributed by atoms with Crippen LogP contribution in [0, 0.1) is 17.8 Å². The van der Waals surface area contributed by atoms with Crippen molar-refractivity contribution in [1.29, 1.82) is 0 Å². The minimum absolute atomic E-state index is 0.0405. The van der Waals surface area contributed by atoms with Gasteiger partial charge in [0.25, 0.3) is 0 Å². The van der Waals surface area contributed by atoms with E-state index in [9.17, 15) is 4.79 Å². The summed E-state index contributed by atoms with van der Waals surface area (Å²) in [4.78, 5) is 14.5. The molecule has 1 atom stereocenters. The van der Waals surface area contributed by atoms with E-state index in [1.165, 1.54) is 0 Å². The Balaban J connectivity index is 4.84. The first kappa shape index (κ1) is 16.5. The topological polar surface area (TPSA) is 20.3 Å². The van der Waals surface area contributed by atoms with Gasteiger partial charge in [-0.3, -0.25) is 4.79 Å². The van der Waals surface area contributed by atoms with E-state index in [-0.39, 0.29) is 11.5 Å². The maximum absolute atomic E-state index is 12.6. The summed E-state index contributed by atoms with van der Waals surface area (Å²) in [5, 5.41) is 0. The molecule has 0 aliphatic carbocycles. The molecule has 0 aliphatic heterocycles. The molecular formula is C15H31NO. The standard InChI is InChI=1S/C15H31NO/c1-9-15(6,7)16(8)14(17)13(12(4)5)10-11(2)3/h11-13H,9-10H2,1-8H3. The fourth-order valence-corrected chi connectivity index (χ4v) is 1.95. The smallest absolute Gasteiger partial charge is 0.226 e. The Morgan fingerprint density at radius 1 is 1.18 bits per heavy atom. The lowest BCUT2D eigenvalue weighted by Crippen LogP contribution is -2.48. The van der Waals surface area contributed by atoms with E-state index in [4.69, 9.17) is 0 Å². The lowest BCUT2D eigenvalue weighted by molar-refractivity contribution is -0.141. The predicted octanol–water partition coefficient (Wildman–Crippen LogP) is 3.95. The first-order chi connectivity index (χ1) is 7.63. The Bertz CT molecular complexity index is 243. The Hall–Kier alpha value is -0.530. The highest BCUT2D eigenvalue weighted by Gasteiger charge is 2.32. The van der Waals surface area contributed by atoms with E-state index in [1.807, 2.05) is 11.9 Å². The van der Waals surface area contributed by atoms with Crippen molar-refractivity contribution in [1.82, 2.24) is 4.90 Å². The van der Waals surface area contributed by atoms with Crippen molar-refractivity contribution in [2.24, 2.45) is 17.8 Å². The van der Waals surface area contributed by atoms with Crippen LogP contribution in [0.1, 0.15) is 61.3 Å². The van der Waals surface area contributed by atoms with E-state index >= 15 is 0 Å². The molecule has 0 heterocycles. The highest BCUT2D eigenvalue weighted by atomic mass is 16.2. The maximum Gasteiger partial charge on any atom is 0.226 e. The van der Waals surface area contributed by atoms with E-state index in [1.54, 1.807) is 0 Å². The average Bonchev–Trinajstić information content (AvgIpc) is 2.23. The van der Waals surface area contributed by atoms with Crippen LogP contribution in [0.25, 0.3) is 0 Å². The molecule has 0 aromatic rings. The molecule has 0 aromatic carbocycles. The van der Waals surface area contributed by atoms with Crippen molar-refractivity contribution in [2.45, 2.75) is 66.8 Å². The van der Waals surface area contributed by atoms with Crippen molar-refractivity contribution < 1.29 is 4.79 Å². The quantitative estimate of drug-likeness (QED) is 0.689. The van der Waals surface area contributed by atoms with Crippen LogP contribution in [0.4, 0.5) is 0 Å². The fourth-order valence-electron chi connectivity index (χ4n) is 1.95. The molecule has 0 N–H and O–H groups in total. The molecule has 0 saturated heterocycles. The van der Waals surface area contributed by atoms with Crippen molar-refractivity contribution in [3.63, 3.8) is 0 Å². The van der Waals surface area contributed by atoms with E-state index in [0.29, 0.717) is 17.7 Å². The largest absolute Gasteiger partial charge is 0.340 e. The zero-order chi connectivity index (χ0) is 13.8. The van der Waals surface area contributed by atoms with Crippen LogP contribution in [-0.2, 0) is 4.79 Å². The molecule has 0 saturated carbocycles. The summed E-state index contributed by atoms with van der Waals surface area (Å²) in [5.74, 6) is 1.45. The number of hydrogen-bond donors (Lipinski definition) is 0. The normalized spacial score (nSPS) is 14.2. The second kappa shape index (κ2) is 6.42. The van der Waals surface area contributed by atoms with Gasteiger partial charge in [0.1, 0.15) is 0 Å². The summed E-state index contributed by atoms with van der Waals surface area (Å²) < 4.78 is 0. The van der Waals surface area contributed by atoms with Gasteiger partial charge in [-0.25, -0.2) is 0 Å². The first-order valence-corrected chi connectivity index (χ1v) is 6.91. The molecule has 1 unspecified atom stereocenters. The van der Waals surface area contributed by atoms with Crippen LogP contribution in [0.5, 0.6) is 0 Å². The van der Waals surface area contributed by atoms with Crippen LogP contribution < -0.4 is 0 Å². The predicted molar refractivity (Wildman–Crippen MR) is 74.9 cm³/mol. The number of rotatable bonds is 6. The molecule has 0 radical (unpaired) electrons. The van der Waals surface area contributed by atoms with Crippen molar-refractivity contribution in [3.05, 3.63) is 0 Å². The molecule has 102 valence electrons. The summed E-state index contributed by atoms with van der Waals surface area (Å²) in [6.07, 6.45) is 1.97. The monoisotopic (exact) mass is 241 g/mol. The second-order valence-corrected chi connectivity index (χ2v) is 6.54. The molecule has 0 aliphatic rings. The molecule has 2 nitrogen and oxygen atoms in total. The van der Waals surface area contributed by atoms with Gasteiger partial charge in [-0.05, 0) is 38.5 Å². The summed E-state index contributed by atoms with van der Waals surface area (Å²) in [6, 6.07) is 0. The zero-order valence-corrected chi connectivity index (χ0v) is 13.0. The number of hydrogen-bond acceptors (Lipinski definition) is 1. The minimum Gasteiger partial charge on any atom is -0.340 e. The van der Waals surface area contributed by atoms with Crippen LogP contribution in [-0.4, -0.2) is 23.4 Å². The van der Waals surface area contributed by atoms with Crippen molar-refractivity contribution >= 4 is 5.91 Å². The molecule has 0 spiro atoms. The van der Waals surface area contributed by atoms with Crippen LogP contribution in [0.2, 0.25) is 0 Å². The zero-order valence-electron chi connectivity index (χ0n) is 13.0. The van der Waals surface area contributed by atoms with E-state index in [2.05, 4.69) is 48.5 Å². The van der Waals surface area contributed by atoms with Gasteiger partial charge in [-0.1, -0.05) is 34.6 Å². The van der Waals surface area contributed by atoms with Gasteiger partial charge in [0.15, 0.2) is 0 Å². The Morgan fingerprint density at radius 2 is 1.65 bits per heavy atom. The van der Waals surface area contributed by atoms with Gasteiger partial charge >= 0.3 is 0 Å². The summed E-state index contributed by atoms with van der Waals surface area (Å²) >= 11 is 0. The number of nitrogens with zero attached hydrogens (tertiary/aromatic N) is 1. The van der Waals surface area contributed by atoms with Gasteiger partial charge in [-0.2, -0.15) is 0 Å². The highest BCUT2D eigenvalue weighted by Crippen LogP contribution is 2.26. The van der Waals surface area contributed by atoms with Gasteiger partial charge in [0.2, 0.25) is 5.91 Å². The fraction of sp³-hybridized carbons (Fsp3) is 0.933. The SMILES string of the molecule is CCC(C)(C)N(C)C(=O)C(CC(C)C)C(C)C. The Labute approximate surface area is 108 Å². The van der Waals surface area contributed by atoms with Gasteiger partial charge in [0.05, 0.1) is 0 Å². The van der Waals surface area contributed by atoms with Gasteiger partial charge in [0, 0.05) is 18.5 Å². The molecule has 0 fully saturated rings. The molecular weight excluding hydrogens is 210 g/mol. The highest BCUT2D eigenvalue weighted by molar-refractivity contribution is 5.79. The van der Waals surface area contributed by atoms with E-state index < -0.39 is 0 Å². The summed E-state index contributed by atoms with van der Waals surface area (Å²) in [6.45, 7) is 15.1. The summed E-state index contributed by atoms with van der Waals surface area (Å²) in [5.41, 5.74) is -0.0405. The molecule has 1 amide bonds. The molecule has 0 aromatic heterocycles. The lowest BCUT2D eigenvalue weighted by atomic mass is 9.85. The minimum atomic E-state index is -0.0405. The van der Waals surface area contributed by atoms with E-state index in [0.717, 1.165) is 12.8 Å². The molecule has 17 heavy (non-hydrogen) atoms. The third kappa shape index (κ3) is 4.69. The van der Waals surface area contributed by atoms with Crippen LogP contribution in [0.3, 0.4) is 0 Å².